The number of nitrogens with one attached hydrogen (secondary N) is 1. The molecule has 0 heterocycles. The van der Waals surface area contributed by atoms with Crippen molar-refractivity contribution in [2.24, 2.45) is 0 Å². The Morgan fingerprint density at radius 2 is 1.35 bits per heavy atom. The maximum atomic E-state index is 9.45. The van der Waals surface area contributed by atoms with Gasteiger partial charge < -0.3 is 25.0 Å². The highest BCUT2D eigenvalue weighted by atomic mass is 16.5. The fourth-order valence-corrected chi connectivity index (χ4v) is 1.11. The second-order valence-electron chi connectivity index (χ2n) is 3.62. The Kier molecular flexibility index (Phi) is 11.3. The molecule has 0 radical (unpaired) electrons. The lowest BCUT2D eigenvalue weighted by Gasteiger charge is -2.14. The molecule has 17 heavy (non-hydrogen) atoms. The Morgan fingerprint density at radius 1 is 0.941 bits per heavy atom. The third-order valence-electron chi connectivity index (χ3n) is 1.85. The minimum atomic E-state index is -0.587. The first kappa shape index (κ1) is 16.3. The Hall–Kier alpha value is -0.720. The maximum Gasteiger partial charge on any atom is 0.0897 e. The molecule has 0 saturated carbocycles. The van der Waals surface area contributed by atoms with Crippen molar-refractivity contribution in [3.8, 4) is 0 Å². The molecular formula is C12H23NO4. The lowest BCUT2D eigenvalue weighted by atomic mass is 10.3. The van der Waals surface area contributed by atoms with Crippen LogP contribution in [0, 0.1) is 0 Å². The summed E-state index contributed by atoms with van der Waals surface area (Å²) in [7, 11) is 0. The molecule has 0 unspecified atom stereocenters. The van der Waals surface area contributed by atoms with Gasteiger partial charge in [-0.05, 0) is 0 Å². The van der Waals surface area contributed by atoms with E-state index in [2.05, 4.69) is 18.5 Å². The molecule has 0 aliphatic carbocycles. The SMILES string of the molecule is C=CCOC[C@@H](O)CNC[C@H](O)COCC=C. The third-order valence-corrected chi connectivity index (χ3v) is 1.85. The second kappa shape index (κ2) is 11.8. The van der Waals surface area contributed by atoms with Crippen LogP contribution in [0.5, 0.6) is 0 Å². The lowest BCUT2D eigenvalue weighted by Crippen LogP contribution is -2.36. The zero-order valence-electron chi connectivity index (χ0n) is 10.2. The van der Waals surface area contributed by atoms with Gasteiger partial charge in [-0.2, -0.15) is 0 Å². The molecule has 0 rings (SSSR count). The van der Waals surface area contributed by atoms with Crippen LogP contribution in [0.2, 0.25) is 0 Å². The minimum absolute atomic E-state index is 0.252. The molecule has 0 aromatic heterocycles. The molecule has 2 atom stereocenters. The van der Waals surface area contributed by atoms with Crippen LogP contribution in [0.25, 0.3) is 0 Å². The van der Waals surface area contributed by atoms with Crippen LogP contribution in [-0.4, -0.2) is 61.9 Å². The fourth-order valence-electron chi connectivity index (χ4n) is 1.11. The van der Waals surface area contributed by atoms with E-state index in [0.717, 1.165) is 0 Å². The van der Waals surface area contributed by atoms with Crippen molar-refractivity contribution in [2.75, 3.05) is 39.5 Å². The van der Waals surface area contributed by atoms with Gasteiger partial charge in [0, 0.05) is 13.1 Å². The summed E-state index contributed by atoms with van der Waals surface area (Å²) in [6.07, 6.45) is 2.08. The number of rotatable bonds is 12. The van der Waals surface area contributed by atoms with Gasteiger partial charge in [0.25, 0.3) is 0 Å². The van der Waals surface area contributed by atoms with E-state index >= 15 is 0 Å². The minimum Gasteiger partial charge on any atom is -0.389 e. The van der Waals surface area contributed by atoms with Gasteiger partial charge in [0.15, 0.2) is 0 Å². The molecule has 3 N–H and O–H groups in total. The highest BCUT2D eigenvalue weighted by Crippen LogP contribution is 1.87. The fraction of sp³-hybridized carbons (Fsp3) is 0.667. The van der Waals surface area contributed by atoms with Crippen molar-refractivity contribution >= 4 is 0 Å². The summed E-state index contributed by atoms with van der Waals surface area (Å²) in [6.45, 7) is 9.10. The molecule has 5 heteroatoms. The van der Waals surface area contributed by atoms with Crippen molar-refractivity contribution in [3.63, 3.8) is 0 Å². The molecule has 5 nitrogen and oxygen atoms in total. The van der Waals surface area contributed by atoms with Crippen LogP contribution in [0.15, 0.2) is 25.3 Å². The van der Waals surface area contributed by atoms with Gasteiger partial charge in [0.05, 0.1) is 38.6 Å². The standard InChI is InChI=1S/C12H23NO4/c1-3-5-16-9-11(14)7-13-8-12(15)10-17-6-4-2/h3-4,11-15H,1-2,5-10H2/t11-,12-/m0/s1. The molecular weight excluding hydrogens is 222 g/mol. The van der Waals surface area contributed by atoms with Crippen molar-refractivity contribution in [1.82, 2.24) is 5.32 Å². The molecule has 100 valence electrons. The third kappa shape index (κ3) is 11.5. The highest BCUT2D eigenvalue weighted by Gasteiger charge is 2.06. The van der Waals surface area contributed by atoms with Crippen LogP contribution in [0.3, 0.4) is 0 Å². The molecule has 0 fully saturated rings. The Bertz CT molecular complexity index is 179. The van der Waals surface area contributed by atoms with Gasteiger partial charge in [0.2, 0.25) is 0 Å². The largest absolute Gasteiger partial charge is 0.389 e. The summed E-state index contributed by atoms with van der Waals surface area (Å²) in [5.41, 5.74) is 0. The normalized spacial score (nSPS) is 14.2. The number of hydrogen-bond acceptors (Lipinski definition) is 5. The van der Waals surface area contributed by atoms with E-state index in [1.165, 1.54) is 0 Å². The van der Waals surface area contributed by atoms with Gasteiger partial charge in [-0.25, -0.2) is 0 Å². The molecule has 0 aliphatic rings. The first-order valence-corrected chi connectivity index (χ1v) is 5.64. The molecule has 0 saturated heterocycles. The van der Waals surface area contributed by atoms with Crippen molar-refractivity contribution in [1.29, 1.82) is 0 Å². The van der Waals surface area contributed by atoms with Gasteiger partial charge in [-0.1, -0.05) is 12.2 Å². The predicted octanol–water partition coefficient (Wildman–Crippen LogP) is -0.297. The molecule has 0 aromatic carbocycles. The molecule has 0 spiro atoms. The number of hydrogen-bond donors (Lipinski definition) is 3. The van der Waals surface area contributed by atoms with Crippen LogP contribution < -0.4 is 5.32 Å². The molecule has 0 bridgehead atoms. The first-order chi connectivity index (χ1) is 8.20. The van der Waals surface area contributed by atoms with E-state index < -0.39 is 12.2 Å². The van der Waals surface area contributed by atoms with Crippen LogP contribution in [-0.2, 0) is 9.47 Å². The maximum absolute atomic E-state index is 9.45. The zero-order chi connectivity index (χ0) is 12.9. The summed E-state index contributed by atoms with van der Waals surface area (Å²) in [4.78, 5) is 0. The van der Waals surface area contributed by atoms with E-state index in [0.29, 0.717) is 26.3 Å². The number of aliphatic hydroxyl groups excluding tert-OH is 2. The average Bonchev–Trinajstić information content (AvgIpc) is 2.30. The lowest BCUT2D eigenvalue weighted by molar-refractivity contribution is 0.0350. The van der Waals surface area contributed by atoms with Crippen LogP contribution >= 0.6 is 0 Å². The summed E-state index contributed by atoms with van der Waals surface area (Å²) >= 11 is 0. The Balaban J connectivity index is 3.35. The number of ether oxygens (including phenoxy) is 2. The smallest absolute Gasteiger partial charge is 0.0897 e. The van der Waals surface area contributed by atoms with Crippen molar-refractivity contribution in [2.45, 2.75) is 12.2 Å². The van der Waals surface area contributed by atoms with E-state index in [-0.39, 0.29) is 13.2 Å². The van der Waals surface area contributed by atoms with E-state index in [1.807, 2.05) is 0 Å². The average molecular weight is 245 g/mol. The van der Waals surface area contributed by atoms with Gasteiger partial charge in [-0.3, -0.25) is 0 Å². The van der Waals surface area contributed by atoms with E-state index in [4.69, 9.17) is 9.47 Å². The zero-order valence-corrected chi connectivity index (χ0v) is 10.2. The molecule has 0 aromatic rings. The quantitative estimate of drug-likeness (QED) is 0.325. The van der Waals surface area contributed by atoms with Crippen LogP contribution in [0.1, 0.15) is 0 Å². The van der Waals surface area contributed by atoms with E-state index in [9.17, 15) is 10.2 Å². The highest BCUT2D eigenvalue weighted by molar-refractivity contribution is 4.68. The van der Waals surface area contributed by atoms with Crippen LogP contribution in [0.4, 0.5) is 0 Å². The predicted molar refractivity (Wildman–Crippen MR) is 66.9 cm³/mol. The van der Waals surface area contributed by atoms with E-state index in [1.54, 1.807) is 12.2 Å². The Morgan fingerprint density at radius 3 is 1.71 bits per heavy atom. The molecule has 0 amide bonds. The topological polar surface area (TPSA) is 71.0 Å². The summed E-state index contributed by atoms with van der Waals surface area (Å²) in [5.74, 6) is 0. The summed E-state index contributed by atoms with van der Waals surface area (Å²) in [6, 6.07) is 0. The molecule has 0 aliphatic heterocycles. The Labute approximate surface area is 103 Å². The van der Waals surface area contributed by atoms with Gasteiger partial charge in [-0.15, -0.1) is 13.2 Å². The summed E-state index contributed by atoms with van der Waals surface area (Å²) < 4.78 is 10.2. The summed E-state index contributed by atoms with van der Waals surface area (Å²) in [5, 5.41) is 21.8. The van der Waals surface area contributed by atoms with Crippen molar-refractivity contribution in [3.05, 3.63) is 25.3 Å². The first-order valence-electron chi connectivity index (χ1n) is 5.64. The van der Waals surface area contributed by atoms with Gasteiger partial charge in [0.1, 0.15) is 0 Å². The number of aliphatic hydroxyl groups is 2. The monoisotopic (exact) mass is 245 g/mol. The second-order valence-corrected chi connectivity index (χ2v) is 3.62. The van der Waals surface area contributed by atoms with Gasteiger partial charge >= 0.3 is 0 Å². The van der Waals surface area contributed by atoms with Crippen molar-refractivity contribution < 1.29 is 19.7 Å².